The molecule has 6 nitrogen and oxygen atoms in total. The van der Waals surface area contributed by atoms with E-state index in [4.69, 9.17) is 4.52 Å². The minimum atomic E-state index is 0.431. The fraction of sp³-hybridized carbons (Fsp3) is 0.467. The number of hydrogen-bond donors (Lipinski definition) is 0. The van der Waals surface area contributed by atoms with Crippen molar-refractivity contribution in [1.29, 1.82) is 0 Å². The normalized spacial score (nSPS) is 16.6. The molecule has 0 radical (unpaired) electrons. The third kappa shape index (κ3) is 2.20. The van der Waals surface area contributed by atoms with Crippen LogP contribution in [0.3, 0.4) is 0 Å². The molecule has 6 heteroatoms. The van der Waals surface area contributed by atoms with Gasteiger partial charge in [0.05, 0.1) is 5.52 Å². The predicted molar refractivity (Wildman–Crippen MR) is 77.6 cm³/mol. The van der Waals surface area contributed by atoms with E-state index in [2.05, 4.69) is 20.5 Å². The van der Waals surface area contributed by atoms with Crippen LogP contribution in [0.4, 0.5) is 0 Å². The van der Waals surface area contributed by atoms with Crippen LogP contribution in [0.25, 0.3) is 22.4 Å². The molecule has 2 aromatic heterocycles. The first-order valence-electron chi connectivity index (χ1n) is 7.45. The molecule has 0 saturated heterocycles. The van der Waals surface area contributed by atoms with Gasteiger partial charge in [-0.25, -0.2) is 4.68 Å². The Balaban J connectivity index is 1.66. The van der Waals surface area contributed by atoms with Crippen molar-refractivity contribution in [2.45, 2.75) is 38.0 Å². The van der Waals surface area contributed by atoms with Crippen LogP contribution in [0.5, 0.6) is 0 Å². The van der Waals surface area contributed by atoms with Crippen molar-refractivity contribution >= 4 is 11.0 Å². The Hall–Kier alpha value is -2.24. The number of rotatable bonds is 2. The Morgan fingerprint density at radius 1 is 1.19 bits per heavy atom. The van der Waals surface area contributed by atoms with Crippen molar-refractivity contribution < 1.29 is 4.52 Å². The number of aromatic nitrogens is 5. The predicted octanol–water partition coefficient (Wildman–Crippen LogP) is 3.07. The first-order valence-corrected chi connectivity index (χ1v) is 7.45. The minimum Gasteiger partial charge on any atom is -0.339 e. The molecular formula is C15H17N5O. The lowest BCUT2D eigenvalue weighted by atomic mass is 9.89. The number of fused-ring (bicyclic) bond motifs is 1. The summed E-state index contributed by atoms with van der Waals surface area (Å²) < 4.78 is 7.23. The Morgan fingerprint density at radius 3 is 2.90 bits per heavy atom. The Bertz CT molecular complexity index is 769. The molecule has 1 fully saturated rings. The molecule has 2 heterocycles. The highest BCUT2D eigenvalue weighted by Gasteiger charge is 2.22. The van der Waals surface area contributed by atoms with E-state index >= 15 is 0 Å². The number of aryl methyl sites for hydroxylation is 1. The highest BCUT2D eigenvalue weighted by atomic mass is 16.5. The largest absolute Gasteiger partial charge is 0.339 e. The maximum absolute atomic E-state index is 5.47. The molecule has 0 amide bonds. The van der Waals surface area contributed by atoms with Gasteiger partial charge in [-0.15, -0.1) is 5.10 Å². The summed E-state index contributed by atoms with van der Waals surface area (Å²) in [6.45, 7) is 0. The highest BCUT2D eigenvalue weighted by Crippen LogP contribution is 2.32. The summed E-state index contributed by atoms with van der Waals surface area (Å²) in [7, 11) is 1.88. The maximum atomic E-state index is 5.47. The molecule has 0 aliphatic heterocycles. The van der Waals surface area contributed by atoms with Gasteiger partial charge in [-0.05, 0) is 31.0 Å². The quantitative estimate of drug-likeness (QED) is 0.723. The summed E-state index contributed by atoms with van der Waals surface area (Å²) in [4.78, 5) is 4.59. The fourth-order valence-corrected chi connectivity index (χ4v) is 3.05. The van der Waals surface area contributed by atoms with Crippen molar-refractivity contribution in [2.24, 2.45) is 7.05 Å². The van der Waals surface area contributed by atoms with E-state index in [0.717, 1.165) is 35.3 Å². The van der Waals surface area contributed by atoms with E-state index < -0.39 is 0 Å². The minimum absolute atomic E-state index is 0.431. The lowest BCUT2D eigenvalue weighted by Gasteiger charge is -2.17. The van der Waals surface area contributed by atoms with Gasteiger partial charge in [-0.2, -0.15) is 4.98 Å². The lowest BCUT2D eigenvalue weighted by Crippen LogP contribution is -2.04. The van der Waals surface area contributed by atoms with Crippen molar-refractivity contribution in [1.82, 2.24) is 25.1 Å². The molecule has 4 rings (SSSR count). The number of benzene rings is 1. The van der Waals surface area contributed by atoms with Gasteiger partial charge in [0, 0.05) is 18.5 Å². The molecule has 1 aliphatic carbocycles. The van der Waals surface area contributed by atoms with Crippen molar-refractivity contribution in [3.05, 3.63) is 24.1 Å². The molecular weight excluding hydrogens is 266 g/mol. The SMILES string of the molecule is Cn1nnc2cc(-c3noc(C4CCCCC4)n3)ccc21. The van der Waals surface area contributed by atoms with Crippen molar-refractivity contribution in [3.8, 4) is 11.4 Å². The van der Waals surface area contributed by atoms with Crippen molar-refractivity contribution in [2.75, 3.05) is 0 Å². The maximum Gasteiger partial charge on any atom is 0.230 e. The summed E-state index contributed by atoms with van der Waals surface area (Å²) in [6.07, 6.45) is 6.15. The first-order chi connectivity index (χ1) is 10.3. The van der Waals surface area contributed by atoms with Crippen molar-refractivity contribution in [3.63, 3.8) is 0 Å². The van der Waals surface area contributed by atoms with E-state index in [1.165, 1.54) is 19.3 Å². The molecule has 21 heavy (non-hydrogen) atoms. The zero-order valence-corrected chi connectivity index (χ0v) is 12.0. The van der Waals surface area contributed by atoms with Crippen LogP contribution < -0.4 is 0 Å². The average molecular weight is 283 g/mol. The standard InChI is InChI=1S/C15H17N5O/c1-20-13-8-7-11(9-12(13)17-19-20)14-16-15(21-18-14)10-5-3-2-4-6-10/h7-10H,2-6H2,1H3. The van der Waals surface area contributed by atoms with E-state index in [1.807, 2.05) is 25.2 Å². The molecule has 3 aromatic rings. The first kappa shape index (κ1) is 12.5. The third-order valence-corrected chi connectivity index (χ3v) is 4.27. The summed E-state index contributed by atoms with van der Waals surface area (Å²) in [5.74, 6) is 1.85. The van der Waals surface area contributed by atoms with Crippen LogP contribution >= 0.6 is 0 Å². The van der Waals surface area contributed by atoms with Crippen LogP contribution in [0.2, 0.25) is 0 Å². The Labute approximate surface area is 122 Å². The smallest absolute Gasteiger partial charge is 0.230 e. The molecule has 0 atom stereocenters. The van der Waals surface area contributed by atoms with Crippen LogP contribution in [0.1, 0.15) is 43.9 Å². The van der Waals surface area contributed by atoms with Crippen LogP contribution in [-0.2, 0) is 7.05 Å². The monoisotopic (exact) mass is 283 g/mol. The van der Waals surface area contributed by atoms with Gasteiger partial charge in [0.2, 0.25) is 11.7 Å². The molecule has 1 aromatic carbocycles. The van der Waals surface area contributed by atoms with E-state index in [-0.39, 0.29) is 0 Å². The van der Waals surface area contributed by atoms with Crippen LogP contribution in [0, 0.1) is 0 Å². The second-order valence-corrected chi connectivity index (χ2v) is 5.71. The van der Waals surface area contributed by atoms with E-state index in [1.54, 1.807) is 4.68 Å². The van der Waals surface area contributed by atoms with Gasteiger partial charge in [0.15, 0.2) is 0 Å². The average Bonchev–Trinajstić information content (AvgIpc) is 3.15. The van der Waals surface area contributed by atoms with Gasteiger partial charge >= 0.3 is 0 Å². The lowest BCUT2D eigenvalue weighted by molar-refractivity contribution is 0.314. The van der Waals surface area contributed by atoms with E-state index in [9.17, 15) is 0 Å². The highest BCUT2D eigenvalue weighted by molar-refractivity contribution is 5.79. The Morgan fingerprint density at radius 2 is 2.05 bits per heavy atom. The van der Waals surface area contributed by atoms with Gasteiger partial charge in [-0.3, -0.25) is 0 Å². The zero-order valence-electron chi connectivity index (χ0n) is 12.0. The topological polar surface area (TPSA) is 69.6 Å². The molecule has 0 N–H and O–H groups in total. The molecule has 0 spiro atoms. The second kappa shape index (κ2) is 4.95. The van der Waals surface area contributed by atoms with Gasteiger partial charge in [0.1, 0.15) is 5.52 Å². The third-order valence-electron chi connectivity index (χ3n) is 4.27. The van der Waals surface area contributed by atoms with Crippen LogP contribution in [-0.4, -0.2) is 25.1 Å². The summed E-state index contributed by atoms with van der Waals surface area (Å²) in [5, 5.41) is 12.3. The van der Waals surface area contributed by atoms with Gasteiger partial charge in [-0.1, -0.05) is 29.6 Å². The molecule has 1 aliphatic rings. The summed E-state index contributed by atoms with van der Waals surface area (Å²) in [6, 6.07) is 5.93. The molecule has 0 unspecified atom stereocenters. The van der Waals surface area contributed by atoms with Gasteiger partial charge in [0.25, 0.3) is 0 Å². The van der Waals surface area contributed by atoms with Crippen LogP contribution in [0.15, 0.2) is 22.7 Å². The van der Waals surface area contributed by atoms with E-state index in [0.29, 0.717) is 11.7 Å². The summed E-state index contributed by atoms with van der Waals surface area (Å²) in [5.41, 5.74) is 2.77. The number of nitrogens with zero attached hydrogens (tertiary/aromatic N) is 5. The number of hydrogen-bond acceptors (Lipinski definition) is 5. The molecule has 1 saturated carbocycles. The molecule has 0 bridgehead atoms. The molecule has 108 valence electrons. The van der Waals surface area contributed by atoms with Gasteiger partial charge < -0.3 is 4.52 Å². The fourth-order valence-electron chi connectivity index (χ4n) is 3.05. The zero-order chi connectivity index (χ0) is 14.2. The second-order valence-electron chi connectivity index (χ2n) is 5.71. The Kier molecular flexibility index (Phi) is 2.94. The summed E-state index contributed by atoms with van der Waals surface area (Å²) >= 11 is 0.